The number of amides is 1. The van der Waals surface area contributed by atoms with Crippen LogP contribution in [0.1, 0.15) is 348 Å². The number of hydrogen-bond donors (Lipinski definition) is 3. The molecule has 0 aliphatic heterocycles. The average molecular weight is 961 g/mol. The largest absolute Gasteiger partial charge is 0.466 e. The van der Waals surface area contributed by atoms with Crippen LogP contribution < -0.4 is 5.32 Å². The summed E-state index contributed by atoms with van der Waals surface area (Å²) in [5.41, 5.74) is 0. The lowest BCUT2D eigenvalue weighted by Gasteiger charge is -2.22. The third-order valence-corrected chi connectivity index (χ3v) is 14.6. The Hall–Kier alpha value is -1.40. The summed E-state index contributed by atoms with van der Waals surface area (Å²) in [6, 6.07) is -0.536. The van der Waals surface area contributed by atoms with Gasteiger partial charge >= 0.3 is 5.97 Å². The molecule has 6 nitrogen and oxygen atoms in total. The summed E-state index contributed by atoms with van der Waals surface area (Å²) < 4.78 is 5.47. The highest BCUT2D eigenvalue weighted by Gasteiger charge is 2.20. The summed E-state index contributed by atoms with van der Waals surface area (Å²) in [5.74, 6) is -0.0162. The Balaban J connectivity index is 3.32. The first kappa shape index (κ1) is 66.6. The van der Waals surface area contributed by atoms with Crippen molar-refractivity contribution in [2.24, 2.45) is 0 Å². The fraction of sp³-hybridized carbons (Fsp3) is 0.935. The maximum Gasteiger partial charge on any atom is 0.305 e. The van der Waals surface area contributed by atoms with Crippen LogP contribution in [0.2, 0.25) is 0 Å². The molecule has 0 radical (unpaired) electrons. The van der Waals surface area contributed by atoms with Crippen LogP contribution in [0, 0.1) is 0 Å². The maximum atomic E-state index is 12.4. The molecule has 6 heteroatoms. The second-order valence-electron chi connectivity index (χ2n) is 21.4. The van der Waals surface area contributed by atoms with Gasteiger partial charge < -0.3 is 20.3 Å². The van der Waals surface area contributed by atoms with Gasteiger partial charge in [-0.2, -0.15) is 0 Å². The molecule has 0 aromatic rings. The van der Waals surface area contributed by atoms with Gasteiger partial charge in [0.2, 0.25) is 5.91 Å². The van der Waals surface area contributed by atoms with Gasteiger partial charge in [0.1, 0.15) is 0 Å². The van der Waals surface area contributed by atoms with Crippen molar-refractivity contribution in [3.05, 3.63) is 12.2 Å². The molecule has 0 aromatic carbocycles. The topological polar surface area (TPSA) is 95.9 Å². The molecule has 0 aliphatic rings. The lowest BCUT2D eigenvalue weighted by atomic mass is 10.0. The molecule has 3 N–H and O–H groups in total. The van der Waals surface area contributed by atoms with Crippen LogP contribution in [0.3, 0.4) is 0 Å². The Morgan fingerprint density at radius 3 is 1.04 bits per heavy atom. The molecule has 0 aromatic heterocycles. The van der Waals surface area contributed by atoms with Gasteiger partial charge in [-0.15, -0.1) is 0 Å². The van der Waals surface area contributed by atoms with Crippen LogP contribution in [0.4, 0.5) is 0 Å². The van der Waals surface area contributed by atoms with E-state index in [2.05, 4.69) is 31.3 Å². The fourth-order valence-electron chi connectivity index (χ4n) is 9.81. The van der Waals surface area contributed by atoms with E-state index in [-0.39, 0.29) is 18.5 Å². The number of esters is 1. The lowest BCUT2D eigenvalue weighted by Crippen LogP contribution is -2.45. The van der Waals surface area contributed by atoms with Gasteiger partial charge in [0.05, 0.1) is 25.4 Å². The minimum Gasteiger partial charge on any atom is -0.466 e. The van der Waals surface area contributed by atoms with Crippen LogP contribution in [0.15, 0.2) is 12.2 Å². The van der Waals surface area contributed by atoms with Gasteiger partial charge in [-0.1, -0.05) is 296 Å². The summed E-state index contributed by atoms with van der Waals surface area (Å²) >= 11 is 0. The van der Waals surface area contributed by atoms with E-state index >= 15 is 0 Å². The van der Waals surface area contributed by atoms with Gasteiger partial charge in [-0.05, 0) is 51.4 Å². The maximum absolute atomic E-state index is 12.4. The van der Waals surface area contributed by atoms with Gasteiger partial charge in [0, 0.05) is 12.8 Å². The summed E-state index contributed by atoms with van der Waals surface area (Å²) in [6.45, 7) is 4.95. The van der Waals surface area contributed by atoms with Crippen LogP contribution in [0.5, 0.6) is 0 Å². The predicted molar refractivity (Wildman–Crippen MR) is 297 cm³/mol. The summed E-state index contributed by atoms with van der Waals surface area (Å²) in [4.78, 5) is 24.4. The summed E-state index contributed by atoms with van der Waals surface area (Å²) in [5, 5.41) is 23.1. The first-order chi connectivity index (χ1) is 33.5. The molecule has 0 saturated heterocycles. The first-order valence-corrected chi connectivity index (χ1v) is 30.9. The summed E-state index contributed by atoms with van der Waals surface area (Å²) in [6.07, 6.45) is 69.6. The average Bonchev–Trinajstić information content (AvgIpc) is 3.34. The minimum atomic E-state index is -0.659. The van der Waals surface area contributed by atoms with E-state index in [1.807, 2.05) is 0 Å². The molecule has 0 aliphatic carbocycles. The number of ether oxygens (including phenoxy) is 1. The molecule has 0 spiro atoms. The summed E-state index contributed by atoms with van der Waals surface area (Å²) in [7, 11) is 0. The smallest absolute Gasteiger partial charge is 0.305 e. The molecule has 404 valence electrons. The molecular formula is C62H121NO5. The second kappa shape index (κ2) is 58.2. The molecule has 1 amide bonds. The Morgan fingerprint density at radius 2 is 0.691 bits per heavy atom. The zero-order valence-electron chi connectivity index (χ0n) is 46.1. The third kappa shape index (κ3) is 53.9. The van der Waals surface area contributed by atoms with Crippen LogP contribution in [0.25, 0.3) is 0 Å². The standard InChI is InChI=1S/C62H121NO5/c1-3-5-7-9-11-13-35-40-44-48-52-56-62(67)68-57-53-49-45-41-37-34-32-30-28-26-24-22-20-18-16-14-15-17-19-21-23-25-27-29-31-33-36-39-43-47-51-55-61(66)63-59(58-64)60(65)54-50-46-42-38-12-10-8-6-4-2/h16,18,59-60,64-65H,3-15,17,19-58H2,1-2H3,(H,63,66)/b18-16-. The number of hydrogen-bond acceptors (Lipinski definition) is 5. The van der Waals surface area contributed by atoms with Crippen molar-refractivity contribution in [3.8, 4) is 0 Å². The van der Waals surface area contributed by atoms with Crippen molar-refractivity contribution >= 4 is 11.9 Å². The molecule has 0 fully saturated rings. The number of allylic oxidation sites excluding steroid dienone is 2. The molecule has 0 heterocycles. The number of unbranched alkanes of at least 4 members (excludes halogenated alkanes) is 45. The van der Waals surface area contributed by atoms with Crippen molar-refractivity contribution in [2.75, 3.05) is 13.2 Å². The number of aliphatic hydroxyl groups excluding tert-OH is 2. The van der Waals surface area contributed by atoms with Crippen LogP contribution in [-0.2, 0) is 14.3 Å². The van der Waals surface area contributed by atoms with Gasteiger partial charge in [-0.3, -0.25) is 9.59 Å². The Bertz CT molecular complexity index is 1020. The highest BCUT2D eigenvalue weighted by Crippen LogP contribution is 2.18. The van der Waals surface area contributed by atoms with Crippen molar-refractivity contribution in [3.63, 3.8) is 0 Å². The van der Waals surface area contributed by atoms with E-state index in [0.717, 1.165) is 38.5 Å². The van der Waals surface area contributed by atoms with E-state index in [1.54, 1.807) is 0 Å². The van der Waals surface area contributed by atoms with Crippen molar-refractivity contribution in [2.45, 2.75) is 360 Å². The highest BCUT2D eigenvalue weighted by atomic mass is 16.5. The van der Waals surface area contributed by atoms with Crippen molar-refractivity contribution in [1.29, 1.82) is 0 Å². The predicted octanol–water partition coefficient (Wildman–Crippen LogP) is 19.2. The zero-order valence-corrected chi connectivity index (χ0v) is 46.1. The lowest BCUT2D eigenvalue weighted by molar-refractivity contribution is -0.143. The van der Waals surface area contributed by atoms with E-state index in [1.165, 1.54) is 276 Å². The third-order valence-electron chi connectivity index (χ3n) is 14.6. The van der Waals surface area contributed by atoms with Crippen molar-refractivity contribution in [1.82, 2.24) is 5.32 Å². The van der Waals surface area contributed by atoms with Gasteiger partial charge in [0.15, 0.2) is 0 Å². The van der Waals surface area contributed by atoms with E-state index in [4.69, 9.17) is 4.74 Å². The van der Waals surface area contributed by atoms with Crippen LogP contribution in [-0.4, -0.2) is 47.4 Å². The van der Waals surface area contributed by atoms with E-state index < -0.39 is 12.1 Å². The molecule has 2 unspecified atom stereocenters. The number of carbonyl (C=O) groups excluding carboxylic acids is 2. The quantitative estimate of drug-likeness (QED) is 0.0321. The number of carbonyl (C=O) groups is 2. The van der Waals surface area contributed by atoms with Crippen molar-refractivity contribution < 1.29 is 24.5 Å². The zero-order chi connectivity index (χ0) is 49.3. The minimum absolute atomic E-state index is 0.0177. The van der Waals surface area contributed by atoms with E-state index in [9.17, 15) is 19.8 Å². The normalized spacial score (nSPS) is 12.6. The molecule has 0 saturated carbocycles. The second-order valence-corrected chi connectivity index (χ2v) is 21.4. The molecule has 0 rings (SSSR count). The number of aliphatic hydroxyl groups is 2. The number of rotatable bonds is 58. The van der Waals surface area contributed by atoms with E-state index in [0.29, 0.717) is 25.9 Å². The molecule has 68 heavy (non-hydrogen) atoms. The molecular weight excluding hydrogens is 839 g/mol. The Kier molecular flexibility index (Phi) is 57.0. The first-order valence-electron chi connectivity index (χ1n) is 30.9. The Labute approximate surface area is 425 Å². The van der Waals surface area contributed by atoms with Crippen LogP contribution >= 0.6 is 0 Å². The SMILES string of the molecule is CCCCCCCCCCCCCC(=O)OCCCCCCCCCCCCCC/C=C\CCCCCCCCCCCCCCCCCC(=O)NC(CO)C(O)CCCCCCCCCCC. The Morgan fingerprint density at radius 1 is 0.397 bits per heavy atom. The fourth-order valence-corrected chi connectivity index (χ4v) is 9.81. The monoisotopic (exact) mass is 960 g/mol. The molecule has 0 bridgehead atoms. The van der Waals surface area contributed by atoms with Gasteiger partial charge in [-0.25, -0.2) is 0 Å². The molecule has 2 atom stereocenters. The number of nitrogens with one attached hydrogen (secondary N) is 1. The highest BCUT2D eigenvalue weighted by molar-refractivity contribution is 5.76. The van der Waals surface area contributed by atoms with Gasteiger partial charge in [0.25, 0.3) is 0 Å².